The molecule has 1 aromatic carbocycles. The lowest BCUT2D eigenvalue weighted by Gasteiger charge is -2.13. The molecule has 0 unspecified atom stereocenters. The van der Waals surface area contributed by atoms with Gasteiger partial charge in [0.05, 0.1) is 10.5 Å². The Labute approximate surface area is 137 Å². The van der Waals surface area contributed by atoms with E-state index in [0.717, 1.165) is 0 Å². The third kappa shape index (κ3) is 6.17. The Hall–Kier alpha value is -1.64. The van der Waals surface area contributed by atoms with E-state index < -0.39 is 16.0 Å². The lowest BCUT2D eigenvalue weighted by atomic mass is 10.1. The van der Waals surface area contributed by atoms with Crippen molar-refractivity contribution >= 4 is 21.7 Å². The molecule has 0 aliphatic rings. The van der Waals surface area contributed by atoms with E-state index in [1.165, 1.54) is 25.3 Å². The molecule has 0 fully saturated rings. The summed E-state index contributed by atoms with van der Waals surface area (Å²) >= 11 is 0. The van der Waals surface area contributed by atoms with Crippen LogP contribution in [0.2, 0.25) is 0 Å². The van der Waals surface area contributed by atoms with Gasteiger partial charge >= 0.3 is 5.97 Å². The minimum absolute atomic E-state index is 0.0644. The minimum atomic E-state index is -3.74. The van der Waals surface area contributed by atoms with Gasteiger partial charge in [-0.2, -0.15) is 0 Å². The van der Waals surface area contributed by atoms with E-state index in [1.807, 2.05) is 13.8 Å². The van der Waals surface area contributed by atoms with Crippen LogP contribution in [0.15, 0.2) is 23.1 Å². The van der Waals surface area contributed by atoms with Gasteiger partial charge in [-0.15, -0.1) is 0 Å². The fraction of sp³-hybridized carbons (Fsp3) is 0.533. The molecule has 8 heteroatoms. The highest BCUT2D eigenvalue weighted by Gasteiger charge is 2.18. The van der Waals surface area contributed by atoms with E-state index in [-0.39, 0.29) is 17.0 Å². The van der Waals surface area contributed by atoms with Gasteiger partial charge in [-0.1, -0.05) is 13.8 Å². The Kier molecular flexibility index (Phi) is 7.47. The third-order valence-corrected chi connectivity index (χ3v) is 4.51. The van der Waals surface area contributed by atoms with Crippen molar-refractivity contribution in [3.8, 4) is 0 Å². The molecule has 0 heterocycles. The van der Waals surface area contributed by atoms with E-state index in [1.54, 1.807) is 0 Å². The summed E-state index contributed by atoms with van der Waals surface area (Å²) in [6, 6.07) is 4.05. The monoisotopic (exact) mass is 344 g/mol. The van der Waals surface area contributed by atoms with Crippen molar-refractivity contribution in [2.45, 2.75) is 25.2 Å². The topological polar surface area (TPSA) is 105 Å². The molecule has 3 N–H and O–H groups in total. The third-order valence-electron chi connectivity index (χ3n) is 3.05. The number of hydrogen-bond donors (Lipinski definition) is 3. The van der Waals surface area contributed by atoms with Crippen LogP contribution in [0.5, 0.6) is 0 Å². The van der Waals surface area contributed by atoms with Gasteiger partial charge in [-0.25, -0.2) is 17.9 Å². The molecule has 0 amide bonds. The number of methoxy groups -OCH3 is 1. The van der Waals surface area contributed by atoms with Gasteiger partial charge in [0, 0.05) is 32.5 Å². The van der Waals surface area contributed by atoms with Crippen LogP contribution in [-0.4, -0.2) is 46.3 Å². The van der Waals surface area contributed by atoms with Crippen molar-refractivity contribution in [3.05, 3.63) is 23.8 Å². The molecule has 0 aromatic heterocycles. The normalized spacial score (nSPS) is 11.7. The largest absolute Gasteiger partial charge is 0.478 e. The molecule has 0 radical (unpaired) electrons. The van der Waals surface area contributed by atoms with Crippen LogP contribution in [0.25, 0.3) is 0 Å². The van der Waals surface area contributed by atoms with Crippen LogP contribution in [0.4, 0.5) is 5.69 Å². The molecule has 7 nitrogen and oxygen atoms in total. The summed E-state index contributed by atoms with van der Waals surface area (Å²) < 4.78 is 31.6. The molecular formula is C15H24N2O5S. The number of carboxylic acid groups (broad SMARTS) is 1. The zero-order chi connectivity index (χ0) is 17.5. The molecular weight excluding hydrogens is 320 g/mol. The summed E-state index contributed by atoms with van der Waals surface area (Å²) in [5, 5.41) is 12.3. The van der Waals surface area contributed by atoms with Gasteiger partial charge in [0.15, 0.2) is 0 Å². The van der Waals surface area contributed by atoms with Gasteiger partial charge in [0.1, 0.15) is 0 Å². The Balaban J connectivity index is 2.96. The van der Waals surface area contributed by atoms with Crippen LogP contribution in [0.1, 0.15) is 30.6 Å². The summed E-state index contributed by atoms with van der Waals surface area (Å²) in [5.41, 5.74) is 0.343. The highest BCUT2D eigenvalue weighted by Crippen LogP contribution is 2.21. The van der Waals surface area contributed by atoms with Crippen molar-refractivity contribution in [2.24, 2.45) is 5.92 Å². The maximum atomic E-state index is 12.2. The molecule has 0 atom stereocenters. The number of benzene rings is 1. The summed E-state index contributed by atoms with van der Waals surface area (Å²) in [6.45, 7) is 5.26. The minimum Gasteiger partial charge on any atom is -0.478 e. The summed E-state index contributed by atoms with van der Waals surface area (Å²) in [5.74, 6) is -0.838. The fourth-order valence-corrected chi connectivity index (χ4v) is 2.94. The predicted molar refractivity (Wildman–Crippen MR) is 88.4 cm³/mol. The van der Waals surface area contributed by atoms with Crippen molar-refractivity contribution in [1.82, 2.24) is 4.72 Å². The number of ether oxygens (including phenoxy) is 1. The number of nitrogens with one attached hydrogen (secondary N) is 2. The van der Waals surface area contributed by atoms with Crippen molar-refractivity contribution in [2.75, 3.05) is 32.1 Å². The molecule has 0 spiro atoms. The van der Waals surface area contributed by atoms with Crippen LogP contribution in [0.3, 0.4) is 0 Å². The van der Waals surface area contributed by atoms with E-state index >= 15 is 0 Å². The predicted octanol–water partition coefficient (Wildman–Crippen LogP) is 1.77. The maximum absolute atomic E-state index is 12.2. The lowest BCUT2D eigenvalue weighted by molar-refractivity contribution is 0.0697. The number of sulfonamides is 1. The number of aromatic carboxylic acids is 1. The van der Waals surface area contributed by atoms with E-state index in [9.17, 15) is 18.3 Å². The van der Waals surface area contributed by atoms with Gasteiger partial charge in [-0.3, -0.25) is 0 Å². The number of carbonyl (C=O) groups is 1. The van der Waals surface area contributed by atoms with Crippen LogP contribution >= 0.6 is 0 Å². The van der Waals surface area contributed by atoms with Crippen LogP contribution in [-0.2, 0) is 14.8 Å². The van der Waals surface area contributed by atoms with Crippen LogP contribution < -0.4 is 10.0 Å². The molecule has 0 bridgehead atoms. The standard InChI is InChI=1S/C15H24N2O5S/c1-11(2)10-16-14-6-5-12(9-13(14)15(18)19)23(20,21)17-7-4-8-22-3/h5-6,9,11,16-17H,4,7-8,10H2,1-3H3,(H,18,19). The van der Waals surface area contributed by atoms with Gasteiger partial charge in [0.25, 0.3) is 0 Å². The number of carboxylic acids is 1. The SMILES string of the molecule is COCCCNS(=O)(=O)c1ccc(NCC(C)C)c(C(=O)O)c1. The van der Waals surface area contributed by atoms with Gasteiger partial charge < -0.3 is 15.2 Å². The zero-order valence-electron chi connectivity index (χ0n) is 13.6. The van der Waals surface area contributed by atoms with Gasteiger partial charge in [0.2, 0.25) is 10.0 Å². The second-order valence-corrected chi connectivity index (χ2v) is 7.30. The highest BCUT2D eigenvalue weighted by molar-refractivity contribution is 7.89. The smallest absolute Gasteiger partial charge is 0.337 e. The molecule has 0 saturated heterocycles. The molecule has 0 saturated carbocycles. The molecule has 0 aliphatic carbocycles. The van der Waals surface area contributed by atoms with Crippen molar-refractivity contribution in [1.29, 1.82) is 0 Å². The van der Waals surface area contributed by atoms with Crippen molar-refractivity contribution < 1.29 is 23.1 Å². The first kappa shape index (κ1) is 19.4. The fourth-order valence-electron chi connectivity index (χ4n) is 1.84. The van der Waals surface area contributed by atoms with Crippen molar-refractivity contribution in [3.63, 3.8) is 0 Å². The molecule has 1 aromatic rings. The first-order chi connectivity index (χ1) is 10.8. The molecule has 23 heavy (non-hydrogen) atoms. The Morgan fingerprint density at radius 3 is 2.61 bits per heavy atom. The Bertz CT molecular complexity index is 629. The average Bonchev–Trinajstić information content (AvgIpc) is 2.49. The molecule has 130 valence electrons. The summed E-state index contributed by atoms with van der Waals surface area (Å²) in [6.07, 6.45) is 0.537. The number of hydrogen-bond acceptors (Lipinski definition) is 5. The quantitative estimate of drug-likeness (QED) is 0.559. The lowest BCUT2D eigenvalue weighted by Crippen LogP contribution is -2.26. The maximum Gasteiger partial charge on any atom is 0.337 e. The second kappa shape index (κ2) is 8.85. The van der Waals surface area contributed by atoms with E-state index in [0.29, 0.717) is 31.2 Å². The first-order valence-electron chi connectivity index (χ1n) is 7.37. The Morgan fingerprint density at radius 1 is 1.35 bits per heavy atom. The molecule has 0 aliphatic heterocycles. The van der Waals surface area contributed by atoms with Crippen LogP contribution in [0, 0.1) is 5.92 Å². The number of rotatable bonds is 10. The van der Waals surface area contributed by atoms with E-state index in [4.69, 9.17) is 4.74 Å². The molecule has 1 rings (SSSR count). The Morgan fingerprint density at radius 2 is 2.04 bits per heavy atom. The van der Waals surface area contributed by atoms with E-state index in [2.05, 4.69) is 10.0 Å². The second-order valence-electron chi connectivity index (χ2n) is 5.53. The highest BCUT2D eigenvalue weighted by atomic mass is 32.2. The average molecular weight is 344 g/mol. The summed E-state index contributed by atoms with van der Waals surface area (Å²) in [4.78, 5) is 11.3. The zero-order valence-corrected chi connectivity index (χ0v) is 14.4. The first-order valence-corrected chi connectivity index (χ1v) is 8.86. The summed E-state index contributed by atoms with van der Waals surface area (Å²) in [7, 11) is -2.20. The van der Waals surface area contributed by atoms with Gasteiger partial charge in [-0.05, 0) is 30.5 Å². The number of anilines is 1.